The lowest BCUT2D eigenvalue weighted by atomic mass is 10.0. The van der Waals surface area contributed by atoms with Crippen molar-refractivity contribution in [2.24, 2.45) is 0 Å². The van der Waals surface area contributed by atoms with E-state index in [1.54, 1.807) is 0 Å². The zero-order valence-electron chi connectivity index (χ0n) is 45.2. The molecule has 1 atom stereocenters. The van der Waals surface area contributed by atoms with Gasteiger partial charge in [0.25, 0.3) is 0 Å². The smallest absolute Gasteiger partial charge is 0.306 e. The van der Waals surface area contributed by atoms with Gasteiger partial charge in [0.05, 0.1) is 0 Å². The molecule has 0 rings (SSSR count). The van der Waals surface area contributed by atoms with E-state index in [9.17, 15) is 14.4 Å². The first-order chi connectivity index (χ1) is 34.5. The second-order valence-electron chi connectivity index (χ2n) is 18.4. The van der Waals surface area contributed by atoms with Crippen LogP contribution in [-0.4, -0.2) is 37.2 Å². The SMILES string of the molecule is CC/C=C/C/C=C/C/C=C/C/C=C/C/C=C/CCCC(=O)OC[C@H](COC(=O)CCCCCCCCCCCCCCCCCCCC)OC(=O)CCC/C=C/C/C=C/C/C=C/C/C=C/C/C=C/CC. The highest BCUT2D eigenvalue weighted by Gasteiger charge is 2.19. The molecule has 0 aliphatic carbocycles. The van der Waals surface area contributed by atoms with E-state index in [-0.39, 0.29) is 44.0 Å². The summed E-state index contributed by atoms with van der Waals surface area (Å²) in [6.45, 7) is 6.32. The molecule has 0 saturated carbocycles. The summed E-state index contributed by atoms with van der Waals surface area (Å²) in [6.07, 6.45) is 79.2. The van der Waals surface area contributed by atoms with Gasteiger partial charge in [-0.1, -0.05) is 251 Å². The monoisotopic (exact) mass is 969 g/mol. The Morgan fingerprint density at radius 2 is 0.557 bits per heavy atom. The fourth-order valence-electron chi connectivity index (χ4n) is 7.51. The second-order valence-corrected chi connectivity index (χ2v) is 18.4. The first-order valence-electron chi connectivity index (χ1n) is 28.5. The Balaban J connectivity index is 4.55. The Kier molecular flexibility index (Phi) is 54.0. The van der Waals surface area contributed by atoms with Gasteiger partial charge < -0.3 is 14.2 Å². The Morgan fingerprint density at radius 3 is 0.871 bits per heavy atom. The lowest BCUT2D eigenvalue weighted by Crippen LogP contribution is -2.30. The zero-order valence-corrected chi connectivity index (χ0v) is 45.2. The molecular weight excluding hydrogens is 865 g/mol. The van der Waals surface area contributed by atoms with E-state index in [4.69, 9.17) is 14.2 Å². The van der Waals surface area contributed by atoms with Crippen molar-refractivity contribution in [2.45, 2.75) is 252 Å². The molecule has 0 amide bonds. The second kappa shape index (κ2) is 57.4. The van der Waals surface area contributed by atoms with Crippen molar-refractivity contribution in [3.05, 3.63) is 122 Å². The minimum atomic E-state index is -0.833. The van der Waals surface area contributed by atoms with Crippen molar-refractivity contribution in [3.8, 4) is 0 Å². The van der Waals surface area contributed by atoms with Crippen LogP contribution in [0, 0.1) is 0 Å². The van der Waals surface area contributed by atoms with Gasteiger partial charge in [-0.2, -0.15) is 0 Å². The van der Waals surface area contributed by atoms with E-state index in [0.29, 0.717) is 19.3 Å². The molecular formula is C64H104O6. The third-order valence-corrected chi connectivity index (χ3v) is 11.7. The average molecular weight is 970 g/mol. The molecule has 0 aliphatic rings. The molecule has 6 heteroatoms. The van der Waals surface area contributed by atoms with Gasteiger partial charge in [-0.15, -0.1) is 0 Å². The van der Waals surface area contributed by atoms with Crippen LogP contribution < -0.4 is 0 Å². The molecule has 396 valence electrons. The van der Waals surface area contributed by atoms with E-state index in [1.807, 2.05) is 0 Å². The van der Waals surface area contributed by atoms with Crippen LogP contribution >= 0.6 is 0 Å². The lowest BCUT2D eigenvalue weighted by Gasteiger charge is -2.18. The topological polar surface area (TPSA) is 78.9 Å². The molecule has 0 heterocycles. The molecule has 0 N–H and O–H groups in total. The standard InChI is InChI=1S/C64H104O6/c1-4-7-10-13-16-19-22-25-28-31-34-36-39-42-45-48-51-54-57-63(66)69-60-61(70-64(67)58-55-52-49-46-43-40-37-33-30-27-24-21-18-15-12-9-6-3)59-68-62(65)56-53-50-47-44-41-38-35-32-29-26-23-20-17-14-11-8-5-2/h8-9,11-12,17-18,20-21,26-27,29-30,35,37-38,40,44,46-47,49,61H,4-7,10,13-16,19,22-25,28,31-34,36,39,41-43,45,48,50-60H2,1-3H3/b11-8+,12-9+,20-17+,21-18+,29-26+,30-27+,38-35+,40-37+,47-44+,49-46+/t61-/m1/s1. The number of hydrogen-bond acceptors (Lipinski definition) is 6. The molecule has 6 nitrogen and oxygen atoms in total. The summed E-state index contributed by atoms with van der Waals surface area (Å²) < 4.78 is 16.8. The van der Waals surface area contributed by atoms with Gasteiger partial charge in [-0.25, -0.2) is 0 Å². The highest BCUT2D eigenvalue weighted by atomic mass is 16.6. The number of unbranched alkanes of at least 4 members (excludes halogenated alkanes) is 19. The third-order valence-electron chi connectivity index (χ3n) is 11.7. The lowest BCUT2D eigenvalue weighted by molar-refractivity contribution is -0.167. The summed E-state index contributed by atoms with van der Waals surface area (Å²) in [5.41, 5.74) is 0. The third kappa shape index (κ3) is 54.7. The molecule has 0 aliphatic heterocycles. The minimum Gasteiger partial charge on any atom is -0.462 e. The Bertz CT molecular complexity index is 1490. The fourth-order valence-corrected chi connectivity index (χ4v) is 7.51. The van der Waals surface area contributed by atoms with Crippen LogP contribution in [0.4, 0.5) is 0 Å². The molecule has 0 aromatic rings. The van der Waals surface area contributed by atoms with Crippen LogP contribution in [0.15, 0.2) is 122 Å². The zero-order chi connectivity index (χ0) is 50.7. The van der Waals surface area contributed by atoms with E-state index in [2.05, 4.69) is 142 Å². The maximum Gasteiger partial charge on any atom is 0.306 e. The Hall–Kier alpha value is -4.19. The summed E-state index contributed by atoms with van der Waals surface area (Å²) in [5.74, 6) is -1.04. The maximum absolute atomic E-state index is 12.8. The fraction of sp³-hybridized carbons (Fsp3) is 0.641. The van der Waals surface area contributed by atoms with Gasteiger partial charge in [0.15, 0.2) is 6.10 Å². The van der Waals surface area contributed by atoms with Crippen LogP contribution in [-0.2, 0) is 28.6 Å². The summed E-state index contributed by atoms with van der Waals surface area (Å²) >= 11 is 0. The number of rotatable bonds is 50. The predicted octanol–water partition coefficient (Wildman–Crippen LogP) is 19.3. The molecule has 0 radical (unpaired) electrons. The van der Waals surface area contributed by atoms with Crippen molar-refractivity contribution in [1.82, 2.24) is 0 Å². The van der Waals surface area contributed by atoms with Crippen molar-refractivity contribution in [1.29, 1.82) is 0 Å². The molecule has 0 saturated heterocycles. The molecule has 0 unspecified atom stereocenters. The van der Waals surface area contributed by atoms with Gasteiger partial charge >= 0.3 is 17.9 Å². The Labute approximate surface area is 431 Å². The van der Waals surface area contributed by atoms with Crippen molar-refractivity contribution in [2.75, 3.05) is 13.2 Å². The van der Waals surface area contributed by atoms with Gasteiger partial charge in [0.1, 0.15) is 13.2 Å². The number of hydrogen-bond donors (Lipinski definition) is 0. The van der Waals surface area contributed by atoms with Crippen molar-refractivity contribution < 1.29 is 28.6 Å². The highest BCUT2D eigenvalue weighted by molar-refractivity contribution is 5.71. The molecule has 0 bridgehead atoms. The number of allylic oxidation sites excluding steroid dienone is 20. The normalized spacial score (nSPS) is 13.0. The first kappa shape index (κ1) is 65.8. The minimum absolute atomic E-state index is 0.119. The highest BCUT2D eigenvalue weighted by Crippen LogP contribution is 2.15. The van der Waals surface area contributed by atoms with Crippen LogP contribution in [0.3, 0.4) is 0 Å². The summed E-state index contributed by atoms with van der Waals surface area (Å²) in [4.78, 5) is 38.1. The molecule has 0 aromatic heterocycles. The number of carbonyl (C=O) groups excluding carboxylic acids is 3. The summed E-state index contributed by atoms with van der Waals surface area (Å²) in [7, 11) is 0. The maximum atomic E-state index is 12.8. The first-order valence-corrected chi connectivity index (χ1v) is 28.5. The number of carbonyl (C=O) groups is 3. The molecule has 0 fully saturated rings. The predicted molar refractivity (Wildman–Crippen MR) is 302 cm³/mol. The van der Waals surface area contributed by atoms with E-state index >= 15 is 0 Å². The molecule has 0 aromatic carbocycles. The average Bonchev–Trinajstić information content (AvgIpc) is 3.36. The van der Waals surface area contributed by atoms with Gasteiger partial charge in [-0.3, -0.25) is 14.4 Å². The molecule has 0 spiro atoms. The van der Waals surface area contributed by atoms with E-state index < -0.39 is 6.10 Å². The van der Waals surface area contributed by atoms with Crippen LogP contribution in [0.1, 0.15) is 245 Å². The van der Waals surface area contributed by atoms with E-state index in [1.165, 1.54) is 96.3 Å². The van der Waals surface area contributed by atoms with Gasteiger partial charge in [0.2, 0.25) is 0 Å². The summed E-state index contributed by atoms with van der Waals surface area (Å²) in [6, 6.07) is 0. The van der Waals surface area contributed by atoms with Crippen LogP contribution in [0.25, 0.3) is 0 Å². The van der Waals surface area contributed by atoms with Crippen molar-refractivity contribution in [3.63, 3.8) is 0 Å². The Morgan fingerprint density at radius 1 is 0.300 bits per heavy atom. The van der Waals surface area contributed by atoms with Gasteiger partial charge in [0, 0.05) is 19.3 Å². The number of ether oxygens (including phenoxy) is 3. The van der Waals surface area contributed by atoms with Crippen LogP contribution in [0.2, 0.25) is 0 Å². The summed E-state index contributed by atoms with van der Waals surface area (Å²) in [5, 5.41) is 0. The van der Waals surface area contributed by atoms with Crippen molar-refractivity contribution >= 4 is 17.9 Å². The van der Waals surface area contributed by atoms with E-state index in [0.717, 1.165) is 96.3 Å². The quantitative estimate of drug-likeness (QED) is 0.0262. The van der Waals surface area contributed by atoms with Gasteiger partial charge in [-0.05, 0) is 96.3 Å². The molecule has 70 heavy (non-hydrogen) atoms. The number of esters is 3. The van der Waals surface area contributed by atoms with Crippen LogP contribution in [0.5, 0.6) is 0 Å². The largest absolute Gasteiger partial charge is 0.462 e.